The summed E-state index contributed by atoms with van der Waals surface area (Å²) in [6, 6.07) is 0. The maximum absolute atomic E-state index is 11.0. The number of carbonyl (C=O) groups is 1. The van der Waals surface area contributed by atoms with Gasteiger partial charge in [-0.05, 0) is 18.8 Å². The van der Waals surface area contributed by atoms with Crippen LogP contribution in [0.5, 0.6) is 0 Å². The molecule has 0 radical (unpaired) electrons. The number of nitrogens with one attached hydrogen (secondary N) is 1. The summed E-state index contributed by atoms with van der Waals surface area (Å²) in [5.74, 6) is 6.08. The van der Waals surface area contributed by atoms with E-state index in [9.17, 15) is 4.79 Å². The lowest BCUT2D eigenvalue weighted by Gasteiger charge is -2.37. The van der Waals surface area contributed by atoms with Crippen LogP contribution in [0.3, 0.4) is 0 Å². The van der Waals surface area contributed by atoms with Gasteiger partial charge in [0.05, 0.1) is 5.92 Å². The van der Waals surface area contributed by atoms with Gasteiger partial charge in [0.1, 0.15) is 0 Å². The van der Waals surface area contributed by atoms with Gasteiger partial charge in [-0.1, -0.05) is 0 Å². The summed E-state index contributed by atoms with van der Waals surface area (Å²) in [4.78, 5) is 13.3. The first-order valence-electron chi connectivity index (χ1n) is 4.52. The molecule has 1 saturated heterocycles. The van der Waals surface area contributed by atoms with Gasteiger partial charge < -0.3 is 4.90 Å². The summed E-state index contributed by atoms with van der Waals surface area (Å²) in [5, 5.41) is 0. The molecule has 68 valence electrons. The Kier molecular flexibility index (Phi) is 2.02. The number of carbonyl (C=O) groups excluding carboxylic acids is 1. The zero-order valence-corrected chi connectivity index (χ0v) is 7.12. The van der Waals surface area contributed by atoms with E-state index < -0.39 is 0 Å². The lowest BCUT2D eigenvalue weighted by Crippen LogP contribution is -2.55. The van der Waals surface area contributed by atoms with Crippen molar-refractivity contribution in [1.82, 2.24) is 10.3 Å². The molecule has 0 atom stereocenters. The zero-order chi connectivity index (χ0) is 8.55. The van der Waals surface area contributed by atoms with Gasteiger partial charge in [-0.25, -0.2) is 5.84 Å². The maximum Gasteiger partial charge on any atom is 0.239 e. The average molecular weight is 169 g/mol. The van der Waals surface area contributed by atoms with E-state index in [1.807, 2.05) is 0 Å². The molecule has 4 heteroatoms. The van der Waals surface area contributed by atoms with Crippen LogP contribution in [-0.4, -0.2) is 30.4 Å². The van der Waals surface area contributed by atoms with E-state index in [-0.39, 0.29) is 11.8 Å². The molecule has 2 aliphatic rings. The minimum absolute atomic E-state index is 0.0120. The Morgan fingerprint density at radius 3 is 2.67 bits per heavy atom. The Hall–Kier alpha value is -0.610. The Labute approximate surface area is 72.1 Å². The monoisotopic (exact) mass is 169 g/mol. The molecule has 1 aliphatic carbocycles. The van der Waals surface area contributed by atoms with E-state index in [1.54, 1.807) is 0 Å². The molecule has 1 heterocycles. The molecular formula is C8H15N3O. The predicted molar refractivity (Wildman–Crippen MR) is 45.0 cm³/mol. The Morgan fingerprint density at radius 1 is 1.50 bits per heavy atom. The molecule has 0 bridgehead atoms. The Balaban J connectivity index is 1.65. The molecule has 1 amide bonds. The summed E-state index contributed by atoms with van der Waals surface area (Å²) in [7, 11) is 0. The van der Waals surface area contributed by atoms with Crippen molar-refractivity contribution < 1.29 is 4.79 Å². The van der Waals surface area contributed by atoms with Crippen molar-refractivity contribution in [2.45, 2.75) is 12.8 Å². The number of hydrazine groups is 1. The van der Waals surface area contributed by atoms with Crippen LogP contribution in [-0.2, 0) is 4.79 Å². The predicted octanol–water partition coefficient (Wildman–Crippen LogP) is -0.682. The standard InChI is InChI=1S/C8H15N3O/c9-10-8(12)7-4-11(5-7)3-6-1-2-6/h6-7H,1-5,9H2,(H,10,12). The normalized spacial score (nSPS) is 25.1. The molecule has 3 N–H and O–H groups in total. The van der Waals surface area contributed by atoms with E-state index in [4.69, 9.17) is 5.84 Å². The second-order valence-electron chi connectivity index (χ2n) is 3.87. The van der Waals surface area contributed by atoms with Crippen LogP contribution in [0.4, 0.5) is 0 Å². The number of rotatable bonds is 3. The van der Waals surface area contributed by atoms with E-state index in [2.05, 4.69) is 10.3 Å². The van der Waals surface area contributed by atoms with Crippen molar-refractivity contribution in [3.8, 4) is 0 Å². The smallest absolute Gasteiger partial charge is 0.239 e. The first kappa shape index (κ1) is 8.01. The fraction of sp³-hybridized carbons (Fsp3) is 0.875. The number of likely N-dealkylation sites (tertiary alicyclic amines) is 1. The quantitative estimate of drug-likeness (QED) is 0.334. The van der Waals surface area contributed by atoms with Crippen LogP contribution in [0, 0.1) is 11.8 Å². The Bertz CT molecular complexity index is 185. The molecule has 0 aromatic rings. The van der Waals surface area contributed by atoms with Gasteiger partial charge in [0, 0.05) is 19.6 Å². The van der Waals surface area contributed by atoms with Crippen molar-refractivity contribution in [2.75, 3.05) is 19.6 Å². The van der Waals surface area contributed by atoms with Gasteiger partial charge in [-0.3, -0.25) is 10.2 Å². The van der Waals surface area contributed by atoms with Crippen LogP contribution >= 0.6 is 0 Å². The molecule has 2 rings (SSSR count). The third kappa shape index (κ3) is 1.59. The van der Waals surface area contributed by atoms with E-state index in [0.29, 0.717) is 0 Å². The van der Waals surface area contributed by atoms with Crippen LogP contribution in [0.2, 0.25) is 0 Å². The van der Waals surface area contributed by atoms with Gasteiger partial charge in [0.15, 0.2) is 0 Å². The lowest BCUT2D eigenvalue weighted by atomic mass is 9.99. The highest BCUT2D eigenvalue weighted by Crippen LogP contribution is 2.31. The van der Waals surface area contributed by atoms with Crippen molar-refractivity contribution in [1.29, 1.82) is 0 Å². The van der Waals surface area contributed by atoms with Gasteiger partial charge in [0.25, 0.3) is 0 Å². The SMILES string of the molecule is NNC(=O)C1CN(CC2CC2)C1. The van der Waals surface area contributed by atoms with Crippen molar-refractivity contribution in [3.05, 3.63) is 0 Å². The fourth-order valence-electron chi connectivity index (χ4n) is 1.67. The summed E-state index contributed by atoms with van der Waals surface area (Å²) in [6.07, 6.45) is 2.76. The molecule has 12 heavy (non-hydrogen) atoms. The van der Waals surface area contributed by atoms with E-state index >= 15 is 0 Å². The van der Waals surface area contributed by atoms with Gasteiger partial charge in [-0.2, -0.15) is 0 Å². The molecule has 1 aliphatic heterocycles. The average Bonchev–Trinajstić information content (AvgIpc) is 2.78. The third-order valence-electron chi connectivity index (χ3n) is 2.68. The van der Waals surface area contributed by atoms with Crippen molar-refractivity contribution >= 4 is 5.91 Å². The second kappa shape index (κ2) is 3.03. The fourth-order valence-corrected chi connectivity index (χ4v) is 1.67. The van der Waals surface area contributed by atoms with E-state index in [0.717, 1.165) is 19.0 Å². The second-order valence-corrected chi connectivity index (χ2v) is 3.87. The van der Waals surface area contributed by atoms with Crippen LogP contribution in [0.1, 0.15) is 12.8 Å². The summed E-state index contributed by atoms with van der Waals surface area (Å²) in [6.45, 7) is 2.99. The van der Waals surface area contributed by atoms with Crippen LogP contribution < -0.4 is 11.3 Å². The number of amides is 1. The van der Waals surface area contributed by atoms with Crippen LogP contribution in [0.15, 0.2) is 0 Å². The summed E-state index contributed by atoms with van der Waals surface area (Å²) < 4.78 is 0. The number of hydrogen-bond donors (Lipinski definition) is 2. The number of nitrogens with zero attached hydrogens (tertiary/aromatic N) is 1. The van der Waals surface area contributed by atoms with Gasteiger partial charge in [0.2, 0.25) is 5.91 Å². The highest BCUT2D eigenvalue weighted by Gasteiger charge is 2.35. The zero-order valence-electron chi connectivity index (χ0n) is 7.12. The summed E-state index contributed by atoms with van der Waals surface area (Å²) >= 11 is 0. The topological polar surface area (TPSA) is 58.4 Å². The molecule has 4 nitrogen and oxygen atoms in total. The molecule has 1 saturated carbocycles. The van der Waals surface area contributed by atoms with E-state index in [1.165, 1.54) is 19.4 Å². The van der Waals surface area contributed by atoms with Crippen molar-refractivity contribution in [2.24, 2.45) is 17.7 Å². The largest absolute Gasteiger partial charge is 0.301 e. The molecular weight excluding hydrogens is 154 g/mol. The third-order valence-corrected chi connectivity index (χ3v) is 2.68. The molecule has 0 unspecified atom stereocenters. The molecule has 0 aromatic heterocycles. The maximum atomic E-state index is 11.0. The first-order valence-corrected chi connectivity index (χ1v) is 4.52. The minimum Gasteiger partial charge on any atom is -0.301 e. The number of nitrogens with two attached hydrogens (primary N) is 1. The number of hydrogen-bond acceptors (Lipinski definition) is 3. The van der Waals surface area contributed by atoms with Crippen LogP contribution in [0.25, 0.3) is 0 Å². The molecule has 0 spiro atoms. The summed E-state index contributed by atoms with van der Waals surface area (Å²) in [5.41, 5.74) is 2.19. The minimum atomic E-state index is -0.0120. The van der Waals surface area contributed by atoms with Gasteiger partial charge in [-0.15, -0.1) is 0 Å². The highest BCUT2D eigenvalue weighted by molar-refractivity contribution is 5.79. The highest BCUT2D eigenvalue weighted by atomic mass is 16.2. The lowest BCUT2D eigenvalue weighted by molar-refractivity contribution is -0.130. The Morgan fingerprint density at radius 2 is 2.17 bits per heavy atom. The molecule has 2 fully saturated rings. The van der Waals surface area contributed by atoms with Crippen molar-refractivity contribution in [3.63, 3.8) is 0 Å². The molecule has 0 aromatic carbocycles. The van der Waals surface area contributed by atoms with Gasteiger partial charge >= 0.3 is 0 Å². The first-order chi connectivity index (χ1) is 5.79.